The molecule has 86 valence electrons. The minimum atomic E-state index is 0.307. The number of nitrogens with two attached hydrogens (primary N) is 1. The van der Waals surface area contributed by atoms with Gasteiger partial charge in [0.25, 0.3) is 0 Å². The fraction of sp³-hybridized carbons (Fsp3) is 0.750. The zero-order chi connectivity index (χ0) is 11.3. The van der Waals surface area contributed by atoms with Crippen molar-refractivity contribution in [2.75, 3.05) is 0 Å². The molecule has 1 heterocycles. The number of aromatic nitrogens is 2. The van der Waals surface area contributed by atoms with Crippen molar-refractivity contribution in [2.45, 2.75) is 58.5 Å². The summed E-state index contributed by atoms with van der Waals surface area (Å²) < 4.78 is 2.06. The van der Waals surface area contributed by atoms with Crippen molar-refractivity contribution >= 4 is 0 Å². The number of hydrogen-bond donors (Lipinski definition) is 1. The summed E-state index contributed by atoms with van der Waals surface area (Å²) in [4.78, 5) is 0. The van der Waals surface area contributed by atoms with E-state index in [2.05, 4.69) is 42.8 Å². The van der Waals surface area contributed by atoms with Gasteiger partial charge in [0.1, 0.15) is 0 Å². The van der Waals surface area contributed by atoms with E-state index in [9.17, 15) is 0 Å². The molecule has 2 N–H and O–H groups in total. The van der Waals surface area contributed by atoms with Gasteiger partial charge in [0, 0.05) is 18.3 Å². The van der Waals surface area contributed by atoms with Crippen LogP contribution in [0.4, 0.5) is 0 Å². The molecular formula is C12H23N3. The standard InChI is InChI=1S/C12H23N3/c1-4-11(3)15-9-8-12(14-15)7-5-6-10(2)13/h8-11H,4-7,13H2,1-3H3. The maximum absolute atomic E-state index is 5.71. The van der Waals surface area contributed by atoms with Gasteiger partial charge < -0.3 is 5.73 Å². The van der Waals surface area contributed by atoms with Crippen LogP contribution in [0.25, 0.3) is 0 Å². The summed E-state index contributed by atoms with van der Waals surface area (Å²) in [6.45, 7) is 6.43. The van der Waals surface area contributed by atoms with Gasteiger partial charge in [0.15, 0.2) is 0 Å². The number of nitrogens with zero attached hydrogens (tertiary/aromatic N) is 2. The Labute approximate surface area is 92.7 Å². The van der Waals surface area contributed by atoms with Crippen LogP contribution in [0.1, 0.15) is 51.8 Å². The second-order valence-electron chi connectivity index (χ2n) is 4.41. The summed E-state index contributed by atoms with van der Waals surface area (Å²) in [5, 5.41) is 4.55. The van der Waals surface area contributed by atoms with Crippen LogP contribution in [0.3, 0.4) is 0 Å². The van der Waals surface area contributed by atoms with Crippen LogP contribution in [-0.4, -0.2) is 15.8 Å². The molecule has 1 aromatic rings. The average Bonchev–Trinajstić information content (AvgIpc) is 2.65. The summed E-state index contributed by atoms with van der Waals surface area (Å²) >= 11 is 0. The zero-order valence-corrected chi connectivity index (χ0v) is 10.1. The highest BCUT2D eigenvalue weighted by Gasteiger charge is 2.04. The summed E-state index contributed by atoms with van der Waals surface area (Å²) in [7, 11) is 0. The van der Waals surface area contributed by atoms with Crippen LogP contribution >= 0.6 is 0 Å². The van der Waals surface area contributed by atoms with Crippen LogP contribution < -0.4 is 5.73 Å². The number of aryl methyl sites for hydroxylation is 1. The first-order chi connectivity index (χ1) is 7.13. The third-order valence-corrected chi connectivity index (χ3v) is 2.80. The van der Waals surface area contributed by atoms with Gasteiger partial charge in [0.05, 0.1) is 5.69 Å². The van der Waals surface area contributed by atoms with Crippen molar-refractivity contribution in [1.29, 1.82) is 0 Å². The van der Waals surface area contributed by atoms with Gasteiger partial charge in [-0.2, -0.15) is 5.10 Å². The lowest BCUT2D eigenvalue weighted by atomic mass is 10.1. The van der Waals surface area contributed by atoms with E-state index >= 15 is 0 Å². The highest BCUT2D eigenvalue weighted by atomic mass is 15.3. The van der Waals surface area contributed by atoms with E-state index in [1.165, 1.54) is 5.69 Å². The molecule has 0 saturated heterocycles. The third kappa shape index (κ3) is 4.04. The Morgan fingerprint density at radius 1 is 1.47 bits per heavy atom. The van der Waals surface area contributed by atoms with E-state index in [0.29, 0.717) is 12.1 Å². The second-order valence-corrected chi connectivity index (χ2v) is 4.41. The molecule has 2 unspecified atom stereocenters. The molecule has 0 radical (unpaired) electrons. The van der Waals surface area contributed by atoms with E-state index in [4.69, 9.17) is 5.73 Å². The van der Waals surface area contributed by atoms with Gasteiger partial charge in [-0.05, 0) is 45.6 Å². The first-order valence-corrected chi connectivity index (χ1v) is 5.93. The Kier molecular flexibility index (Phi) is 4.82. The maximum atomic E-state index is 5.71. The summed E-state index contributed by atoms with van der Waals surface area (Å²) in [6.07, 6.45) is 6.46. The first kappa shape index (κ1) is 12.2. The predicted molar refractivity (Wildman–Crippen MR) is 63.8 cm³/mol. The molecule has 0 aliphatic rings. The van der Waals surface area contributed by atoms with Crippen molar-refractivity contribution < 1.29 is 0 Å². The van der Waals surface area contributed by atoms with Gasteiger partial charge in [-0.3, -0.25) is 4.68 Å². The molecule has 0 aliphatic heterocycles. The highest BCUT2D eigenvalue weighted by molar-refractivity contribution is 4.99. The van der Waals surface area contributed by atoms with E-state index < -0.39 is 0 Å². The molecule has 3 nitrogen and oxygen atoms in total. The smallest absolute Gasteiger partial charge is 0.0624 e. The van der Waals surface area contributed by atoms with Gasteiger partial charge in [-0.25, -0.2) is 0 Å². The lowest BCUT2D eigenvalue weighted by Crippen LogP contribution is -2.14. The summed E-state index contributed by atoms with van der Waals surface area (Å²) in [6, 6.07) is 2.93. The number of rotatable bonds is 6. The van der Waals surface area contributed by atoms with Crippen LogP contribution in [0.2, 0.25) is 0 Å². The van der Waals surface area contributed by atoms with E-state index in [1.54, 1.807) is 0 Å². The lowest BCUT2D eigenvalue weighted by Gasteiger charge is -2.08. The fourth-order valence-corrected chi connectivity index (χ4v) is 1.55. The Bertz CT molecular complexity index is 278. The minimum Gasteiger partial charge on any atom is -0.328 e. The van der Waals surface area contributed by atoms with Crippen molar-refractivity contribution in [1.82, 2.24) is 9.78 Å². The number of hydrogen-bond acceptors (Lipinski definition) is 2. The van der Waals surface area contributed by atoms with Crippen LogP contribution in [0.15, 0.2) is 12.3 Å². The molecule has 0 spiro atoms. The van der Waals surface area contributed by atoms with Crippen molar-refractivity contribution in [3.63, 3.8) is 0 Å². The molecule has 1 aromatic heterocycles. The monoisotopic (exact) mass is 209 g/mol. The SMILES string of the molecule is CCC(C)n1ccc(CCCC(C)N)n1. The molecule has 0 bridgehead atoms. The van der Waals surface area contributed by atoms with Crippen LogP contribution in [-0.2, 0) is 6.42 Å². The van der Waals surface area contributed by atoms with E-state index in [-0.39, 0.29) is 0 Å². The van der Waals surface area contributed by atoms with Crippen molar-refractivity contribution in [3.05, 3.63) is 18.0 Å². The van der Waals surface area contributed by atoms with Gasteiger partial charge in [0.2, 0.25) is 0 Å². The third-order valence-electron chi connectivity index (χ3n) is 2.80. The Morgan fingerprint density at radius 2 is 2.20 bits per heavy atom. The highest BCUT2D eigenvalue weighted by Crippen LogP contribution is 2.10. The normalized spacial score (nSPS) is 15.2. The molecule has 0 fully saturated rings. The average molecular weight is 209 g/mol. The van der Waals surface area contributed by atoms with Gasteiger partial charge in [-0.1, -0.05) is 6.92 Å². The lowest BCUT2D eigenvalue weighted by molar-refractivity contribution is 0.472. The van der Waals surface area contributed by atoms with Crippen LogP contribution in [0.5, 0.6) is 0 Å². The Balaban J connectivity index is 2.39. The van der Waals surface area contributed by atoms with Crippen LogP contribution in [0, 0.1) is 0 Å². The topological polar surface area (TPSA) is 43.8 Å². The molecular weight excluding hydrogens is 186 g/mol. The quantitative estimate of drug-likeness (QED) is 0.782. The Hall–Kier alpha value is -0.830. The van der Waals surface area contributed by atoms with E-state index in [1.807, 2.05) is 0 Å². The van der Waals surface area contributed by atoms with Gasteiger partial charge in [-0.15, -0.1) is 0 Å². The molecule has 3 heteroatoms. The molecule has 1 rings (SSSR count). The Morgan fingerprint density at radius 3 is 2.80 bits per heavy atom. The zero-order valence-electron chi connectivity index (χ0n) is 10.1. The molecule has 0 saturated carbocycles. The molecule has 15 heavy (non-hydrogen) atoms. The summed E-state index contributed by atoms with van der Waals surface area (Å²) in [5.74, 6) is 0. The molecule has 2 atom stereocenters. The van der Waals surface area contributed by atoms with Crippen molar-refractivity contribution in [3.8, 4) is 0 Å². The predicted octanol–water partition coefficient (Wildman–Crippen LogP) is 2.52. The first-order valence-electron chi connectivity index (χ1n) is 5.93. The maximum Gasteiger partial charge on any atom is 0.0624 e. The largest absolute Gasteiger partial charge is 0.328 e. The van der Waals surface area contributed by atoms with Gasteiger partial charge >= 0.3 is 0 Å². The minimum absolute atomic E-state index is 0.307. The second kappa shape index (κ2) is 5.91. The fourth-order valence-electron chi connectivity index (χ4n) is 1.55. The molecule has 0 amide bonds. The van der Waals surface area contributed by atoms with Crippen molar-refractivity contribution in [2.24, 2.45) is 5.73 Å². The summed E-state index contributed by atoms with van der Waals surface area (Å²) in [5.41, 5.74) is 6.90. The molecule has 0 aliphatic carbocycles. The van der Waals surface area contributed by atoms with E-state index in [0.717, 1.165) is 25.7 Å². The molecule has 0 aromatic carbocycles.